The van der Waals surface area contributed by atoms with Crippen molar-refractivity contribution in [2.45, 2.75) is 20.5 Å². The number of hydrogen-bond donors (Lipinski definition) is 1. The highest BCUT2D eigenvalue weighted by molar-refractivity contribution is 6.03. The van der Waals surface area contributed by atoms with Crippen molar-refractivity contribution in [1.82, 2.24) is 14.9 Å². The van der Waals surface area contributed by atoms with Crippen LogP contribution in [-0.4, -0.2) is 60.4 Å². The van der Waals surface area contributed by atoms with Crippen LogP contribution in [0.5, 0.6) is 11.5 Å². The Morgan fingerprint density at radius 1 is 0.889 bits per heavy atom. The Balaban J connectivity index is 1.07. The number of nitrogens with one attached hydrogen (secondary N) is 1. The van der Waals surface area contributed by atoms with Crippen LogP contribution in [0.15, 0.2) is 94.4 Å². The maximum absolute atomic E-state index is 12.8. The van der Waals surface area contributed by atoms with Gasteiger partial charge in [0.2, 0.25) is 0 Å². The van der Waals surface area contributed by atoms with Crippen LogP contribution in [0.25, 0.3) is 16.5 Å². The Kier molecular flexibility index (Phi) is 8.93. The van der Waals surface area contributed by atoms with Crippen LogP contribution in [0.4, 0.5) is 0 Å². The fraction of sp³-hybridized carbons (Fsp3) is 0.229. The summed E-state index contributed by atoms with van der Waals surface area (Å²) in [5.74, 6) is 1.15. The second-order valence-electron chi connectivity index (χ2n) is 10.7. The Labute approximate surface area is 260 Å². The number of morpholine rings is 1. The second kappa shape index (κ2) is 13.5. The number of nitrogens with zero attached hydrogens (tertiary/aromatic N) is 3. The minimum Gasteiger partial charge on any atom is -0.486 e. The predicted octanol–water partition coefficient (Wildman–Crippen LogP) is 5.42. The summed E-state index contributed by atoms with van der Waals surface area (Å²) in [5, 5.41) is 6.02. The largest absolute Gasteiger partial charge is 0.486 e. The maximum atomic E-state index is 12.8. The Hall–Kier alpha value is -5.35. The van der Waals surface area contributed by atoms with Crippen molar-refractivity contribution in [1.29, 1.82) is 0 Å². The molecule has 2 amide bonds. The fourth-order valence-corrected chi connectivity index (χ4v) is 5.29. The first kappa shape index (κ1) is 29.7. The molecule has 0 bridgehead atoms. The summed E-state index contributed by atoms with van der Waals surface area (Å²) < 4.78 is 25.0. The molecule has 230 valence electrons. The van der Waals surface area contributed by atoms with Crippen molar-refractivity contribution in [2.24, 2.45) is 5.10 Å². The molecule has 1 N–H and O–H groups in total. The molecule has 3 aromatic carbocycles. The van der Waals surface area contributed by atoms with Crippen LogP contribution in [0.1, 0.15) is 33.3 Å². The molecule has 0 spiro atoms. The summed E-state index contributed by atoms with van der Waals surface area (Å²) in [7, 11) is 0. The summed E-state index contributed by atoms with van der Waals surface area (Å²) in [6, 6.07) is 26.7. The van der Waals surface area contributed by atoms with Crippen molar-refractivity contribution in [3.05, 3.63) is 113 Å². The Morgan fingerprint density at radius 2 is 1.64 bits per heavy atom. The normalized spacial score (nSPS) is 13.3. The van der Waals surface area contributed by atoms with Gasteiger partial charge in [-0.25, -0.2) is 5.43 Å². The van der Waals surface area contributed by atoms with Crippen LogP contribution < -0.4 is 14.9 Å². The highest BCUT2D eigenvalue weighted by Crippen LogP contribution is 2.27. The van der Waals surface area contributed by atoms with E-state index < -0.39 is 5.91 Å². The van der Waals surface area contributed by atoms with Gasteiger partial charge in [-0.3, -0.25) is 9.59 Å². The van der Waals surface area contributed by atoms with E-state index in [0.717, 1.165) is 27.8 Å². The number of benzene rings is 3. The van der Waals surface area contributed by atoms with E-state index in [0.29, 0.717) is 49.1 Å². The van der Waals surface area contributed by atoms with Crippen LogP contribution in [0, 0.1) is 13.8 Å². The monoisotopic (exact) mass is 606 g/mol. The molecule has 1 saturated heterocycles. The lowest BCUT2D eigenvalue weighted by Gasteiger charge is -2.26. The number of rotatable bonds is 10. The number of aromatic nitrogens is 1. The van der Waals surface area contributed by atoms with E-state index in [1.165, 1.54) is 6.21 Å². The smallest absolute Gasteiger partial charge is 0.307 e. The van der Waals surface area contributed by atoms with Gasteiger partial charge in [0.1, 0.15) is 23.9 Å². The van der Waals surface area contributed by atoms with Crippen LogP contribution >= 0.6 is 0 Å². The summed E-state index contributed by atoms with van der Waals surface area (Å²) in [6.45, 7) is 6.32. The molecule has 0 unspecified atom stereocenters. The van der Waals surface area contributed by atoms with Crippen molar-refractivity contribution in [3.8, 4) is 17.2 Å². The Morgan fingerprint density at radius 3 is 2.42 bits per heavy atom. The number of hydrogen-bond acceptors (Lipinski definition) is 7. The molecule has 1 aliphatic rings. The molecule has 0 aliphatic carbocycles. The first-order valence-corrected chi connectivity index (χ1v) is 14.8. The standard InChI is InChI=1S/C35H34N4O6/c1-24-7-8-25(2)39(24)27-10-12-28(13-11-27)43-22-29-14-16-33(45-29)35(41)37-36-21-31-30-6-4-3-5-26(30)9-15-32(31)44-23-34(40)38-17-19-42-20-18-38/h3-16,21H,17-20,22-23H2,1-2H3,(H,37,41)/b36-21+. The molecule has 0 atom stereocenters. The third kappa shape index (κ3) is 6.91. The number of carbonyl (C=O) groups is 2. The third-order valence-electron chi connectivity index (χ3n) is 7.64. The van der Waals surface area contributed by atoms with E-state index in [2.05, 4.69) is 41.1 Å². The molecule has 10 heteroatoms. The first-order valence-electron chi connectivity index (χ1n) is 14.8. The van der Waals surface area contributed by atoms with Gasteiger partial charge >= 0.3 is 5.91 Å². The van der Waals surface area contributed by atoms with Gasteiger partial charge in [-0.1, -0.05) is 30.3 Å². The lowest BCUT2D eigenvalue weighted by atomic mass is 10.0. The lowest BCUT2D eigenvalue weighted by Crippen LogP contribution is -2.43. The molecule has 5 aromatic rings. The Bertz CT molecular complexity index is 1810. The molecule has 10 nitrogen and oxygen atoms in total. The number of ether oxygens (including phenoxy) is 3. The second-order valence-corrected chi connectivity index (χ2v) is 10.7. The van der Waals surface area contributed by atoms with E-state index in [1.54, 1.807) is 23.1 Å². The van der Waals surface area contributed by atoms with E-state index >= 15 is 0 Å². The van der Waals surface area contributed by atoms with Crippen molar-refractivity contribution >= 4 is 28.8 Å². The number of furan rings is 1. The summed E-state index contributed by atoms with van der Waals surface area (Å²) in [6.07, 6.45) is 1.52. The number of amides is 2. The van der Waals surface area contributed by atoms with Crippen LogP contribution in [-0.2, 0) is 16.1 Å². The molecule has 1 aliphatic heterocycles. The topological polar surface area (TPSA) is 108 Å². The highest BCUT2D eigenvalue weighted by atomic mass is 16.5. The molecular weight excluding hydrogens is 572 g/mol. The first-order chi connectivity index (χ1) is 22.0. The average molecular weight is 607 g/mol. The van der Waals surface area contributed by atoms with Gasteiger partial charge in [-0.05, 0) is 79.2 Å². The minimum atomic E-state index is -0.510. The maximum Gasteiger partial charge on any atom is 0.307 e. The molecule has 1 fully saturated rings. The fourth-order valence-electron chi connectivity index (χ4n) is 5.29. The van der Waals surface area contributed by atoms with Crippen LogP contribution in [0.2, 0.25) is 0 Å². The number of hydrazone groups is 1. The van der Waals surface area contributed by atoms with Gasteiger partial charge in [0.05, 0.1) is 19.4 Å². The zero-order valence-corrected chi connectivity index (χ0v) is 25.2. The van der Waals surface area contributed by atoms with E-state index in [-0.39, 0.29) is 24.9 Å². The van der Waals surface area contributed by atoms with E-state index in [1.807, 2.05) is 54.6 Å². The van der Waals surface area contributed by atoms with Gasteiger partial charge in [0.25, 0.3) is 5.91 Å². The quantitative estimate of drug-likeness (QED) is 0.168. The van der Waals surface area contributed by atoms with Gasteiger partial charge in [0.15, 0.2) is 12.4 Å². The third-order valence-corrected chi connectivity index (χ3v) is 7.64. The number of fused-ring (bicyclic) bond motifs is 1. The zero-order valence-electron chi connectivity index (χ0n) is 25.2. The summed E-state index contributed by atoms with van der Waals surface area (Å²) in [5.41, 5.74) is 6.54. The molecule has 0 saturated carbocycles. The highest BCUT2D eigenvalue weighted by Gasteiger charge is 2.18. The van der Waals surface area contributed by atoms with E-state index in [9.17, 15) is 9.59 Å². The minimum absolute atomic E-state index is 0.102. The van der Waals surface area contributed by atoms with Gasteiger partial charge in [0, 0.05) is 35.7 Å². The van der Waals surface area contributed by atoms with Crippen LogP contribution in [0.3, 0.4) is 0 Å². The van der Waals surface area contributed by atoms with E-state index in [4.69, 9.17) is 18.6 Å². The predicted molar refractivity (Wildman–Crippen MR) is 170 cm³/mol. The molecule has 2 aromatic heterocycles. The average Bonchev–Trinajstić information content (AvgIpc) is 3.69. The summed E-state index contributed by atoms with van der Waals surface area (Å²) in [4.78, 5) is 27.2. The molecule has 0 radical (unpaired) electrons. The number of carbonyl (C=O) groups excluding carboxylic acids is 2. The SMILES string of the molecule is Cc1ccc(C)n1-c1ccc(OCc2ccc(C(=O)N/N=C/c3c(OCC(=O)N4CCOCC4)ccc4ccccc34)o2)cc1. The molecule has 45 heavy (non-hydrogen) atoms. The molecular formula is C35H34N4O6. The van der Waals surface area contributed by atoms with Gasteiger partial charge in [-0.2, -0.15) is 5.10 Å². The van der Waals surface area contributed by atoms with Gasteiger partial charge < -0.3 is 28.1 Å². The zero-order chi connectivity index (χ0) is 31.2. The summed E-state index contributed by atoms with van der Waals surface area (Å²) >= 11 is 0. The molecule has 3 heterocycles. The molecule has 6 rings (SSSR count). The van der Waals surface area contributed by atoms with Crippen molar-refractivity contribution in [3.63, 3.8) is 0 Å². The van der Waals surface area contributed by atoms with Crippen molar-refractivity contribution < 1.29 is 28.2 Å². The number of aryl methyl sites for hydroxylation is 2. The van der Waals surface area contributed by atoms with Crippen molar-refractivity contribution in [2.75, 3.05) is 32.9 Å². The lowest BCUT2D eigenvalue weighted by molar-refractivity contribution is -0.137. The van der Waals surface area contributed by atoms with Gasteiger partial charge in [-0.15, -0.1) is 0 Å².